The van der Waals surface area contributed by atoms with Gasteiger partial charge in [-0.2, -0.15) is 0 Å². The molecular weight excluding hydrogens is 272 g/mol. The summed E-state index contributed by atoms with van der Waals surface area (Å²) in [5.74, 6) is -0.995. The van der Waals surface area contributed by atoms with Gasteiger partial charge in [-0.15, -0.1) is 11.3 Å². The van der Waals surface area contributed by atoms with Crippen molar-refractivity contribution in [1.82, 2.24) is 9.38 Å². The standard InChI is InChI=1S/C15H14N2O2S/c1-2-3-10-4-6-11(7-5-10)13-9-20-15-16-12(14(18)19)8-17(13)15/h4-9H,2-3H2,1H3,(H,18,19). The van der Waals surface area contributed by atoms with Crippen molar-refractivity contribution in [2.75, 3.05) is 0 Å². The van der Waals surface area contributed by atoms with Crippen LogP contribution in [0.15, 0.2) is 35.8 Å². The van der Waals surface area contributed by atoms with Gasteiger partial charge in [-0.05, 0) is 17.5 Å². The number of aryl methyl sites for hydroxylation is 1. The molecule has 0 fully saturated rings. The molecule has 3 aromatic rings. The monoisotopic (exact) mass is 286 g/mol. The first-order chi connectivity index (χ1) is 9.69. The molecule has 0 atom stereocenters. The fourth-order valence-corrected chi connectivity index (χ4v) is 3.11. The Hall–Kier alpha value is -2.14. The Kier molecular flexibility index (Phi) is 3.28. The minimum Gasteiger partial charge on any atom is -0.476 e. The van der Waals surface area contributed by atoms with E-state index in [0.29, 0.717) is 4.96 Å². The first-order valence-corrected chi connectivity index (χ1v) is 7.36. The second kappa shape index (κ2) is 5.09. The first kappa shape index (κ1) is 12.9. The zero-order chi connectivity index (χ0) is 14.1. The van der Waals surface area contributed by atoms with Crippen molar-refractivity contribution < 1.29 is 9.90 Å². The molecule has 0 amide bonds. The molecule has 3 rings (SSSR count). The summed E-state index contributed by atoms with van der Waals surface area (Å²) in [7, 11) is 0. The smallest absolute Gasteiger partial charge is 0.356 e. The fourth-order valence-electron chi connectivity index (χ4n) is 2.23. The molecule has 5 heteroatoms. The SMILES string of the molecule is CCCc1ccc(-c2csc3nc(C(=O)O)cn23)cc1. The van der Waals surface area contributed by atoms with Crippen molar-refractivity contribution in [3.63, 3.8) is 0 Å². The lowest BCUT2D eigenvalue weighted by Crippen LogP contribution is -1.95. The molecule has 0 aliphatic rings. The number of thiazole rings is 1. The largest absolute Gasteiger partial charge is 0.476 e. The van der Waals surface area contributed by atoms with Gasteiger partial charge in [-0.3, -0.25) is 4.40 Å². The molecule has 0 saturated heterocycles. The molecular formula is C15H14N2O2S. The highest BCUT2D eigenvalue weighted by Crippen LogP contribution is 2.26. The van der Waals surface area contributed by atoms with Crippen LogP contribution < -0.4 is 0 Å². The Balaban J connectivity index is 2.02. The van der Waals surface area contributed by atoms with Gasteiger partial charge in [-0.25, -0.2) is 9.78 Å². The molecule has 2 aromatic heterocycles. The van der Waals surface area contributed by atoms with E-state index < -0.39 is 5.97 Å². The molecule has 1 N–H and O–H groups in total. The molecule has 2 heterocycles. The topological polar surface area (TPSA) is 54.6 Å². The predicted octanol–water partition coefficient (Wildman–Crippen LogP) is 3.71. The second-order valence-corrected chi connectivity index (χ2v) is 5.49. The average molecular weight is 286 g/mol. The highest BCUT2D eigenvalue weighted by molar-refractivity contribution is 7.15. The van der Waals surface area contributed by atoms with E-state index in [1.165, 1.54) is 16.9 Å². The predicted molar refractivity (Wildman–Crippen MR) is 79.5 cm³/mol. The number of hydrogen-bond donors (Lipinski definition) is 1. The number of carboxylic acid groups (broad SMARTS) is 1. The van der Waals surface area contributed by atoms with Crippen LogP contribution in [0.5, 0.6) is 0 Å². The summed E-state index contributed by atoms with van der Waals surface area (Å²) < 4.78 is 1.84. The minimum absolute atomic E-state index is 0.0840. The number of benzene rings is 1. The van der Waals surface area contributed by atoms with Gasteiger partial charge in [0.1, 0.15) is 0 Å². The minimum atomic E-state index is -0.995. The summed E-state index contributed by atoms with van der Waals surface area (Å²) in [5.41, 5.74) is 3.46. The zero-order valence-electron chi connectivity index (χ0n) is 11.0. The Bertz CT molecular complexity index is 756. The zero-order valence-corrected chi connectivity index (χ0v) is 11.9. The maximum absolute atomic E-state index is 11.0. The van der Waals surface area contributed by atoms with Gasteiger partial charge in [0, 0.05) is 11.6 Å². The van der Waals surface area contributed by atoms with E-state index in [9.17, 15) is 4.79 Å². The van der Waals surface area contributed by atoms with Gasteiger partial charge in [0.15, 0.2) is 10.7 Å². The number of nitrogens with zero attached hydrogens (tertiary/aromatic N) is 2. The van der Waals surface area contributed by atoms with Gasteiger partial charge >= 0.3 is 5.97 Å². The van der Waals surface area contributed by atoms with Gasteiger partial charge < -0.3 is 5.11 Å². The molecule has 102 valence electrons. The third-order valence-corrected chi connectivity index (χ3v) is 4.06. The van der Waals surface area contributed by atoms with Crippen LogP contribution in [-0.2, 0) is 6.42 Å². The number of rotatable bonds is 4. The van der Waals surface area contributed by atoms with Gasteiger partial charge in [0.25, 0.3) is 0 Å². The molecule has 0 spiro atoms. The van der Waals surface area contributed by atoms with Crippen LogP contribution in [0.1, 0.15) is 29.4 Å². The third-order valence-electron chi connectivity index (χ3n) is 3.22. The van der Waals surface area contributed by atoms with Crippen molar-refractivity contribution in [3.8, 4) is 11.3 Å². The number of imidazole rings is 1. The summed E-state index contributed by atoms with van der Waals surface area (Å²) in [6.45, 7) is 2.16. The van der Waals surface area contributed by atoms with Crippen LogP contribution in [0.2, 0.25) is 0 Å². The summed E-state index contributed by atoms with van der Waals surface area (Å²) in [4.78, 5) is 15.8. The van der Waals surface area contributed by atoms with Gasteiger partial charge in [-0.1, -0.05) is 37.6 Å². The summed E-state index contributed by atoms with van der Waals surface area (Å²) >= 11 is 1.45. The van der Waals surface area contributed by atoms with E-state index >= 15 is 0 Å². The van der Waals surface area contributed by atoms with Crippen molar-refractivity contribution in [2.24, 2.45) is 0 Å². The van der Waals surface area contributed by atoms with E-state index in [2.05, 4.69) is 36.2 Å². The summed E-state index contributed by atoms with van der Waals surface area (Å²) in [6.07, 6.45) is 3.78. The highest BCUT2D eigenvalue weighted by Gasteiger charge is 2.13. The van der Waals surface area contributed by atoms with Crippen molar-refractivity contribution >= 4 is 22.3 Å². The molecule has 0 aliphatic heterocycles. The normalized spacial score (nSPS) is 11.1. The lowest BCUT2D eigenvalue weighted by Gasteiger charge is -2.02. The number of hydrogen-bond acceptors (Lipinski definition) is 3. The van der Waals surface area contributed by atoms with E-state index in [4.69, 9.17) is 5.11 Å². The van der Waals surface area contributed by atoms with E-state index in [-0.39, 0.29) is 5.69 Å². The van der Waals surface area contributed by atoms with E-state index in [0.717, 1.165) is 24.1 Å². The number of aromatic carboxylic acids is 1. The van der Waals surface area contributed by atoms with Crippen LogP contribution in [0, 0.1) is 0 Å². The fraction of sp³-hybridized carbons (Fsp3) is 0.200. The van der Waals surface area contributed by atoms with Crippen molar-refractivity contribution in [3.05, 3.63) is 47.1 Å². The lowest BCUT2D eigenvalue weighted by molar-refractivity contribution is 0.0691. The maximum Gasteiger partial charge on any atom is 0.356 e. The van der Waals surface area contributed by atoms with Crippen LogP contribution in [0.4, 0.5) is 0 Å². The molecule has 4 nitrogen and oxygen atoms in total. The van der Waals surface area contributed by atoms with Crippen LogP contribution in [-0.4, -0.2) is 20.5 Å². The van der Waals surface area contributed by atoms with Crippen LogP contribution in [0.3, 0.4) is 0 Å². The van der Waals surface area contributed by atoms with Crippen LogP contribution in [0.25, 0.3) is 16.2 Å². The number of aromatic nitrogens is 2. The third kappa shape index (κ3) is 2.20. The Labute approximate surface area is 120 Å². The number of carbonyl (C=O) groups is 1. The number of fused-ring (bicyclic) bond motifs is 1. The second-order valence-electron chi connectivity index (χ2n) is 4.65. The Morgan fingerprint density at radius 1 is 1.35 bits per heavy atom. The summed E-state index contributed by atoms with van der Waals surface area (Å²) in [5, 5.41) is 11.0. The lowest BCUT2D eigenvalue weighted by atomic mass is 10.1. The maximum atomic E-state index is 11.0. The molecule has 0 radical (unpaired) electrons. The first-order valence-electron chi connectivity index (χ1n) is 6.48. The van der Waals surface area contributed by atoms with Gasteiger partial charge in [0.05, 0.1) is 5.69 Å². The number of carboxylic acids is 1. The molecule has 0 bridgehead atoms. The van der Waals surface area contributed by atoms with Crippen molar-refractivity contribution in [1.29, 1.82) is 0 Å². The molecule has 0 unspecified atom stereocenters. The molecule has 20 heavy (non-hydrogen) atoms. The Morgan fingerprint density at radius 3 is 2.75 bits per heavy atom. The van der Waals surface area contributed by atoms with Gasteiger partial charge in [0.2, 0.25) is 0 Å². The highest BCUT2D eigenvalue weighted by atomic mass is 32.1. The summed E-state index contributed by atoms with van der Waals surface area (Å²) in [6, 6.07) is 8.40. The van der Waals surface area contributed by atoms with Crippen LogP contribution >= 0.6 is 11.3 Å². The molecule has 0 saturated carbocycles. The van der Waals surface area contributed by atoms with E-state index in [1.807, 2.05) is 9.78 Å². The quantitative estimate of drug-likeness (QED) is 0.795. The molecule has 0 aliphatic carbocycles. The van der Waals surface area contributed by atoms with Crippen molar-refractivity contribution in [2.45, 2.75) is 19.8 Å². The Morgan fingerprint density at radius 2 is 2.10 bits per heavy atom. The van der Waals surface area contributed by atoms with E-state index in [1.54, 1.807) is 6.20 Å². The molecule has 1 aromatic carbocycles. The average Bonchev–Trinajstić information content (AvgIpc) is 3.00.